The van der Waals surface area contributed by atoms with Crippen LogP contribution in [0.25, 0.3) is 0 Å². The van der Waals surface area contributed by atoms with Crippen molar-refractivity contribution >= 4 is 0 Å². The predicted octanol–water partition coefficient (Wildman–Crippen LogP) is 1.40. The molecule has 20 heavy (non-hydrogen) atoms. The van der Waals surface area contributed by atoms with E-state index in [2.05, 4.69) is 35.2 Å². The molecule has 0 aromatic heterocycles. The minimum atomic E-state index is -0.340. The standard InChI is InChI=1S/C16H24N2O2/c17-12-15-13-19-16(20-15)7-10-18(11-8-16)9-6-14-4-2-1-3-5-14/h1-5,15H,6-13,17H2. The summed E-state index contributed by atoms with van der Waals surface area (Å²) >= 11 is 0. The lowest BCUT2D eigenvalue weighted by Crippen LogP contribution is -2.46. The average Bonchev–Trinajstić information content (AvgIpc) is 2.91. The predicted molar refractivity (Wildman–Crippen MR) is 78.4 cm³/mol. The van der Waals surface area contributed by atoms with Gasteiger partial charge in [-0.3, -0.25) is 0 Å². The van der Waals surface area contributed by atoms with Crippen molar-refractivity contribution in [1.29, 1.82) is 0 Å². The van der Waals surface area contributed by atoms with E-state index in [0.29, 0.717) is 13.2 Å². The first-order chi connectivity index (χ1) is 9.80. The summed E-state index contributed by atoms with van der Waals surface area (Å²) in [5.41, 5.74) is 7.05. The van der Waals surface area contributed by atoms with Crippen molar-refractivity contribution in [3.05, 3.63) is 35.9 Å². The Hall–Kier alpha value is -0.940. The molecule has 2 fully saturated rings. The molecule has 2 heterocycles. The Kier molecular flexibility index (Phi) is 4.36. The van der Waals surface area contributed by atoms with E-state index in [-0.39, 0.29) is 11.9 Å². The first kappa shape index (κ1) is 14.0. The smallest absolute Gasteiger partial charge is 0.171 e. The number of hydrogen-bond acceptors (Lipinski definition) is 4. The lowest BCUT2D eigenvalue weighted by atomic mass is 10.0. The molecule has 4 heteroatoms. The topological polar surface area (TPSA) is 47.7 Å². The highest BCUT2D eigenvalue weighted by Gasteiger charge is 2.43. The maximum atomic E-state index is 5.98. The Morgan fingerprint density at radius 2 is 1.95 bits per heavy atom. The molecule has 1 aromatic carbocycles. The quantitative estimate of drug-likeness (QED) is 0.903. The number of nitrogens with two attached hydrogens (primary N) is 1. The van der Waals surface area contributed by atoms with Crippen LogP contribution in [-0.2, 0) is 15.9 Å². The molecule has 0 saturated carbocycles. The molecule has 0 amide bonds. The number of likely N-dealkylation sites (tertiary alicyclic amines) is 1. The largest absolute Gasteiger partial charge is 0.347 e. The highest BCUT2D eigenvalue weighted by atomic mass is 16.7. The van der Waals surface area contributed by atoms with Crippen molar-refractivity contribution in [2.45, 2.75) is 31.2 Å². The number of benzene rings is 1. The molecule has 1 aromatic rings. The number of nitrogens with zero attached hydrogens (tertiary/aromatic N) is 1. The van der Waals surface area contributed by atoms with E-state index < -0.39 is 0 Å². The minimum absolute atomic E-state index is 0.0888. The minimum Gasteiger partial charge on any atom is -0.347 e. The zero-order chi connectivity index (χ0) is 13.8. The second kappa shape index (κ2) is 6.22. The molecule has 1 spiro atoms. The Labute approximate surface area is 120 Å². The summed E-state index contributed by atoms with van der Waals surface area (Å²) in [7, 11) is 0. The van der Waals surface area contributed by atoms with Gasteiger partial charge < -0.3 is 20.1 Å². The van der Waals surface area contributed by atoms with E-state index >= 15 is 0 Å². The van der Waals surface area contributed by atoms with Gasteiger partial charge in [-0.1, -0.05) is 30.3 Å². The third kappa shape index (κ3) is 3.20. The van der Waals surface area contributed by atoms with Crippen LogP contribution in [0.15, 0.2) is 30.3 Å². The van der Waals surface area contributed by atoms with Gasteiger partial charge in [0.2, 0.25) is 0 Å². The van der Waals surface area contributed by atoms with Gasteiger partial charge in [0.15, 0.2) is 5.79 Å². The summed E-state index contributed by atoms with van der Waals surface area (Å²) in [5, 5.41) is 0. The molecule has 2 aliphatic heterocycles. The maximum absolute atomic E-state index is 5.98. The highest BCUT2D eigenvalue weighted by molar-refractivity contribution is 5.14. The SMILES string of the molecule is NCC1COC2(CCN(CCc3ccccc3)CC2)O1. The summed E-state index contributed by atoms with van der Waals surface area (Å²) in [4.78, 5) is 2.50. The van der Waals surface area contributed by atoms with Crippen molar-refractivity contribution in [1.82, 2.24) is 4.90 Å². The fourth-order valence-corrected chi connectivity index (χ4v) is 3.04. The van der Waals surface area contributed by atoms with Crippen molar-refractivity contribution in [3.8, 4) is 0 Å². The summed E-state index contributed by atoms with van der Waals surface area (Å²) in [6.07, 6.45) is 3.11. The van der Waals surface area contributed by atoms with Gasteiger partial charge in [-0.25, -0.2) is 0 Å². The fourth-order valence-electron chi connectivity index (χ4n) is 3.04. The molecule has 0 bridgehead atoms. The first-order valence-corrected chi connectivity index (χ1v) is 7.58. The maximum Gasteiger partial charge on any atom is 0.171 e. The van der Waals surface area contributed by atoms with Crippen molar-refractivity contribution in [2.24, 2.45) is 5.73 Å². The third-order valence-corrected chi connectivity index (χ3v) is 4.35. The van der Waals surface area contributed by atoms with Crippen LogP contribution in [0.4, 0.5) is 0 Å². The van der Waals surface area contributed by atoms with Crippen LogP contribution >= 0.6 is 0 Å². The molecule has 110 valence electrons. The van der Waals surface area contributed by atoms with Gasteiger partial charge in [0, 0.05) is 39.0 Å². The van der Waals surface area contributed by atoms with Crippen LogP contribution in [0.5, 0.6) is 0 Å². The monoisotopic (exact) mass is 276 g/mol. The van der Waals surface area contributed by atoms with Gasteiger partial charge in [-0.15, -0.1) is 0 Å². The number of piperidine rings is 1. The summed E-state index contributed by atoms with van der Waals surface area (Å²) in [6.45, 7) is 4.41. The van der Waals surface area contributed by atoms with Gasteiger partial charge in [-0.05, 0) is 12.0 Å². The molecule has 2 saturated heterocycles. The average molecular weight is 276 g/mol. The van der Waals surface area contributed by atoms with Gasteiger partial charge in [0.1, 0.15) is 0 Å². The van der Waals surface area contributed by atoms with Crippen molar-refractivity contribution < 1.29 is 9.47 Å². The zero-order valence-electron chi connectivity index (χ0n) is 12.0. The normalized spacial score (nSPS) is 26.1. The summed E-state index contributed by atoms with van der Waals surface area (Å²) in [6, 6.07) is 10.7. The first-order valence-electron chi connectivity index (χ1n) is 7.58. The van der Waals surface area contributed by atoms with Crippen LogP contribution in [0.2, 0.25) is 0 Å². The fraction of sp³-hybridized carbons (Fsp3) is 0.625. The molecule has 3 rings (SSSR count). The molecule has 0 radical (unpaired) electrons. The number of ether oxygens (including phenoxy) is 2. The van der Waals surface area contributed by atoms with E-state index in [9.17, 15) is 0 Å². The second-order valence-electron chi connectivity index (χ2n) is 5.77. The van der Waals surface area contributed by atoms with Gasteiger partial charge in [-0.2, -0.15) is 0 Å². The summed E-state index contributed by atoms with van der Waals surface area (Å²) in [5.74, 6) is -0.340. The second-order valence-corrected chi connectivity index (χ2v) is 5.77. The Morgan fingerprint density at radius 1 is 1.20 bits per heavy atom. The summed E-state index contributed by atoms with van der Waals surface area (Å²) < 4.78 is 11.8. The van der Waals surface area contributed by atoms with Crippen LogP contribution in [0, 0.1) is 0 Å². The van der Waals surface area contributed by atoms with E-state index in [1.165, 1.54) is 5.56 Å². The van der Waals surface area contributed by atoms with E-state index in [0.717, 1.165) is 38.9 Å². The van der Waals surface area contributed by atoms with Crippen LogP contribution in [-0.4, -0.2) is 49.6 Å². The van der Waals surface area contributed by atoms with E-state index in [1.54, 1.807) is 0 Å². The lowest BCUT2D eigenvalue weighted by molar-refractivity contribution is -0.193. The Bertz CT molecular complexity index is 416. The highest BCUT2D eigenvalue weighted by Crippen LogP contribution is 2.33. The van der Waals surface area contributed by atoms with Gasteiger partial charge >= 0.3 is 0 Å². The van der Waals surface area contributed by atoms with Crippen LogP contribution in [0.3, 0.4) is 0 Å². The zero-order valence-corrected chi connectivity index (χ0v) is 12.0. The lowest BCUT2D eigenvalue weighted by Gasteiger charge is -2.38. The van der Waals surface area contributed by atoms with Crippen molar-refractivity contribution in [2.75, 3.05) is 32.8 Å². The molecule has 1 atom stereocenters. The molecule has 2 aliphatic rings. The molecule has 2 N–H and O–H groups in total. The van der Waals surface area contributed by atoms with Crippen molar-refractivity contribution in [3.63, 3.8) is 0 Å². The van der Waals surface area contributed by atoms with E-state index in [1.807, 2.05) is 0 Å². The third-order valence-electron chi connectivity index (χ3n) is 4.35. The Morgan fingerprint density at radius 3 is 2.60 bits per heavy atom. The molecular weight excluding hydrogens is 252 g/mol. The number of hydrogen-bond donors (Lipinski definition) is 1. The number of rotatable bonds is 4. The van der Waals surface area contributed by atoms with Crippen LogP contribution < -0.4 is 5.73 Å². The van der Waals surface area contributed by atoms with Gasteiger partial charge in [0.25, 0.3) is 0 Å². The molecular formula is C16H24N2O2. The van der Waals surface area contributed by atoms with Crippen LogP contribution in [0.1, 0.15) is 18.4 Å². The molecule has 0 aliphatic carbocycles. The van der Waals surface area contributed by atoms with E-state index in [4.69, 9.17) is 15.2 Å². The van der Waals surface area contributed by atoms with Gasteiger partial charge in [0.05, 0.1) is 12.7 Å². The molecule has 4 nitrogen and oxygen atoms in total. The Balaban J connectivity index is 1.45. The molecule has 1 unspecified atom stereocenters.